The van der Waals surface area contributed by atoms with Gasteiger partial charge in [-0.25, -0.2) is 17.5 Å². The van der Waals surface area contributed by atoms with E-state index in [0.717, 1.165) is 18.4 Å². The van der Waals surface area contributed by atoms with Crippen molar-refractivity contribution in [2.24, 2.45) is 7.05 Å². The standard InChI is InChI=1S/C13H23N5O3S/c1-16(8-11-7-14-17(2)9-11)13(19)15-12-5-4-6-18(10-12)22(3,20)21/h7,9,12H,4-6,8,10H2,1-3H3,(H,15,19). The van der Waals surface area contributed by atoms with E-state index >= 15 is 0 Å². The molecule has 22 heavy (non-hydrogen) atoms. The van der Waals surface area contributed by atoms with Gasteiger partial charge >= 0.3 is 6.03 Å². The Morgan fingerprint density at radius 3 is 2.86 bits per heavy atom. The molecule has 0 aromatic carbocycles. The van der Waals surface area contributed by atoms with E-state index in [9.17, 15) is 13.2 Å². The zero-order valence-corrected chi connectivity index (χ0v) is 14.0. The van der Waals surface area contributed by atoms with Gasteiger partial charge in [0.25, 0.3) is 0 Å². The average Bonchev–Trinajstić information content (AvgIpc) is 2.83. The molecule has 2 heterocycles. The maximum atomic E-state index is 12.2. The van der Waals surface area contributed by atoms with Crippen molar-refractivity contribution in [2.75, 3.05) is 26.4 Å². The van der Waals surface area contributed by atoms with Crippen molar-refractivity contribution in [1.82, 2.24) is 24.3 Å². The van der Waals surface area contributed by atoms with E-state index in [1.54, 1.807) is 22.8 Å². The molecule has 1 N–H and O–H groups in total. The largest absolute Gasteiger partial charge is 0.334 e. The molecule has 9 heteroatoms. The van der Waals surface area contributed by atoms with Crippen molar-refractivity contribution in [3.8, 4) is 0 Å². The smallest absolute Gasteiger partial charge is 0.317 e. The molecule has 0 aliphatic carbocycles. The van der Waals surface area contributed by atoms with Crippen LogP contribution >= 0.6 is 0 Å². The molecule has 1 fully saturated rings. The third-order valence-electron chi connectivity index (χ3n) is 3.71. The van der Waals surface area contributed by atoms with Crippen LogP contribution in [0.5, 0.6) is 0 Å². The van der Waals surface area contributed by atoms with Gasteiger partial charge in [-0.1, -0.05) is 0 Å². The van der Waals surface area contributed by atoms with Crippen molar-refractivity contribution >= 4 is 16.1 Å². The number of nitrogens with one attached hydrogen (secondary N) is 1. The van der Waals surface area contributed by atoms with Gasteiger partial charge in [-0.15, -0.1) is 0 Å². The second kappa shape index (κ2) is 6.66. The number of hydrogen-bond acceptors (Lipinski definition) is 4. The van der Waals surface area contributed by atoms with Crippen molar-refractivity contribution < 1.29 is 13.2 Å². The molecule has 0 saturated carbocycles. The van der Waals surface area contributed by atoms with Gasteiger partial charge in [-0.2, -0.15) is 5.10 Å². The molecule has 1 aliphatic heterocycles. The average molecular weight is 329 g/mol. The number of carbonyl (C=O) groups excluding carboxylic acids is 1. The number of carbonyl (C=O) groups is 1. The first-order valence-electron chi connectivity index (χ1n) is 7.20. The van der Waals surface area contributed by atoms with E-state index in [4.69, 9.17) is 0 Å². The highest BCUT2D eigenvalue weighted by molar-refractivity contribution is 7.88. The minimum absolute atomic E-state index is 0.146. The fourth-order valence-corrected chi connectivity index (χ4v) is 3.46. The Morgan fingerprint density at radius 2 is 2.27 bits per heavy atom. The summed E-state index contributed by atoms with van der Waals surface area (Å²) in [5.74, 6) is 0. The topological polar surface area (TPSA) is 87.5 Å². The summed E-state index contributed by atoms with van der Waals surface area (Å²) in [6.45, 7) is 1.32. The third-order valence-corrected chi connectivity index (χ3v) is 4.98. The Kier molecular flexibility index (Phi) is 5.07. The van der Waals surface area contributed by atoms with Gasteiger partial charge in [0.05, 0.1) is 19.0 Å². The number of aryl methyl sites for hydroxylation is 1. The minimum Gasteiger partial charge on any atom is -0.334 e. The van der Waals surface area contributed by atoms with Gasteiger partial charge in [0.15, 0.2) is 0 Å². The van der Waals surface area contributed by atoms with Gasteiger partial charge in [-0.3, -0.25) is 4.68 Å². The molecule has 124 valence electrons. The van der Waals surface area contributed by atoms with Gasteiger partial charge in [0.2, 0.25) is 10.0 Å². The Morgan fingerprint density at radius 1 is 1.55 bits per heavy atom. The van der Waals surface area contributed by atoms with Crippen LogP contribution in [0.2, 0.25) is 0 Å². The molecule has 1 aromatic heterocycles. The van der Waals surface area contributed by atoms with Crippen LogP contribution in [-0.2, 0) is 23.6 Å². The van der Waals surface area contributed by atoms with Crippen LogP contribution in [0.4, 0.5) is 4.79 Å². The van der Waals surface area contributed by atoms with Crippen LogP contribution < -0.4 is 5.32 Å². The van der Waals surface area contributed by atoms with Gasteiger partial charge < -0.3 is 10.2 Å². The van der Waals surface area contributed by atoms with Gasteiger partial charge in [-0.05, 0) is 12.8 Å². The van der Waals surface area contributed by atoms with Crippen LogP contribution in [0.3, 0.4) is 0 Å². The van der Waals surface area contributed by atoms with Crippen molar-refractivity contribution in [3.05, 3.63) is 18.0 Å². The molecule has 8 nitrogen and oxygen atoms in total. The molecule has 1 unspecified atom stereocenters. The highest BCUT2D eigenvalue weighted by Crippen LogP contribution is 2.13. The summed E-state index contributed by atoms with van der Waals surface area (Å²) in [5, 5.41) is 6.97. The summed E-state index contributed by atoms with van der Waals surface area (Å²) in [6.07, 6.45) is 6.32. The zero-order chi connectivity index (χ0) is 16.3. The fourth-order valence-electron chi connectivity index (χ4n) is 2.55. The third kappa shape index (κ3) is 4.44. The Hall–Kier alpha value is -1.61. The second-order valence-electron chi connectivity index (χ2n) is 5.79. The number of amides is 2. The quantitative estimate of drug-likeness (QED) is 0.841. The fraction of sp³-hybridized carbons (Fsp3) is 0.692. The molecule has 1 atom stereocenters. The summed E-state index contributed by atoms with van der Waals surface area (Å²) in [6, 6.07) is -0.350. The SMILES string of the molecule is CN(Cc1cnn(C)c1)C(=O)NC1CCCN(S(C)(=O)=O)C1. The number of hydrogen-bond donors (Lipinski definition) is 1. The second-order valence-corrected chi connectivity index (χ2v) is 7.77. The maximum absolute atomic E-state index is 12.2. The zero-order valence-electron chi connectivity index (χ0n) is 13.2. The molecule has 0 radical (unpaired) electrons. The van der Waals surface area contributed by atoms with Gasteiger partial charge in [0.1, 0.15) is 0 Å². The first kappa shape index (κ1) is 16.8. The lowest BCUT2D eigenvalue weighted by atomic mass is 10.1. The summed E-state index contributed by atoms with van der Waals surface area (Å²) in [5.41, 5.74) is 0.946. The molecular weight excluding hydrogens is 306 g/mol. The molecule has 2 rings (SSSR count). The van der Waals surface area contributed by atoms with Crippen LogP contribution in [-0.4, -0.2) is 65.9 Å². The molecule has 1 aliphatic rings. The first-order chi connectivity index (χ1) is 10.3. The Bertz CT molecular complexity index is 627. The molecule has 1 aromatic rings. The van der Waals surface area contributed by atoms with E-state index in [1.165, 1.54) is 10.6 Å². The summed E-state index contributed by atoms with van der Waals surface area (Å²) in [4.78, 5) is 13.8. The minimum atomic E-state index is -3.20. The van der Waals surface area contributed by atoms with E-state index in [-0.39, 0.29) is 12.1 Å². The van der Waals surface area contributed by atoms with E-state index in [2.05, 4.69) is 10.4 Å². The van der Waals surface area contributed by atoms with E-state index in [1.807, 2.05) is 13.2 Å². The van der Waals surface area contributed by atoms with Crippen molar-refractivity contribution in [2.45, 2.75) is 25.4 Å². The van der Waals surface area contributed by atoms with E-state index < -0.39 is 10.0 Å². The number of rotatable bonds is 4. The molecule has 1 saturated heterocycles. The monoisotopic (exact) mass is 329 g/mol. The number of aromatic nitrogens is 2. The number of urea groups is 1. The van der Waals surface area contributed by atoms with Crippen LogP contribution in [0.15, 0.2) is 12.4 Å². The lowest BCUT2D eigenvalue weighted by molar-refractivity contribution is 0.194. The lowest BCUT2D eigenvalue weighted by Gasteiger charge is -2.32. The van der Waals surface area contributed by atoms with Crippen LogP contribution in [0, 0.1) is 0 Å². The van der Waals surface area contributed by atoms with Crippen molar-refractivity contribution in [1.29, 1.82) is 0 Å². The predicted molar refractivity (Wildman–Crippen MR) is 82.6 cm³/mol. The summed E-state index contributed by atoms with van der Waals surface area (Å²) >= 11 is 0. The molecular formula is C13H23N5O3S. The first-order valence-corrected chi connectivity index (χ1v) is 9.05. The highest BCUT2D eigenvalue weighted by atomic mass is 32.2. The molecule has 2 amide bonds. The Balaban J connectivity index is 1.88. The van der Waals surface area contributed by atoms with Crippen LogP contribution in [0.1, 0.15) is 18.4 Å². The number of piperidine rings is 1. The number of sulfonamides is 1. The van der Waals surface area contributed by atoms with Crippen molar-refractivity contribution in [3.63, 3.8) is 0 Å². The van der Waals surface area contributed by atoms with E-state index in [0.29, 0.717) is 19.6 Å². The lowest BCUT2D eigenvalue weighted by Crippen LogP contribution is -2.51. The summed E-state index contributed by atoms with van der Waals surface area (Å²) in [7, 11) is 0.329. The Labute approximate surface area is 131 Å². The van der Waals surface area contributed by atoms with Crippen LogP contribution in [0.25, 0.3) is 0 Å². The molecule has 0 spiro atoms. The maximum Gasteiger partial charge on any atom is 0.317 e. The summed E-state index contributed by atoms with van der Waals surface area (Å²) < 4.78 is 26.3. The molecule has 0 bridgehead atoms. The van der Waals surface area contributed by atoms with Gasteiger partial charge in [0, 0.05) is 45.0 Å². The highest BCUT2D eigenvalue weighted by Gasteiger charge is 2.27. The predicted octanol–water partition coefficient (Wildman–Crippen LogP) is -0.0145. The normalized spacial score (nSPS) is 19.9. The number of nitrogens with zero attached hydrogens (tertiary/aromatic N) is 4.